The molecule has 2 aromatic carbocycles. The largest absolute Gasteiger partial charge is 0.494 e. The quantitative estimate of drug-likeness (QED) is 0.844. The Hall–Kier alpha value is -2.89. The molecule has 0 saturated heterocycles. The number of anilines is 1. The summed E-state index contributed by atoms with van der Waals surface area (Å²) in [7, 11) is 0. The van der Waals surface area contributed by atoms with Gasteiger partial charge in [-0.15, -0.1) is 0 Å². The summed E-state index contributed by atoms with van der Waals surface area (Å²) in [4.78, 5) is 26.9. The number of hydrogen-bond acceptors (Lipinski definition) is 3. The maximum atomic E-state index is 13.7. The van der Waals surface area contributed by atoms with Crippen molar-refractivity contribution < 1.29 is 18.7 Å². The van der Waals surface area contributed by atoms with Crippen molar-refractivity contribution in [1.82, 2.24) is 4.90 Å². The van der Waals surface area contributed by atoms with Gasteiger partial charge in [-0.2, -0.15) is 0 Å². The molecule has 0 spiro atoms. The minimum absolute atomic E-state index is 0.0186. The molecule has 0 unspecified atom stereocenters. The first-order valence-electron chi connectivity index (χ1n) is 9.11. The van der Waals surface area contributed by atoms with Gasteiger partial charge in [0.2, 0.25) is 11.8 Å². The minimum atomic E-state index is -0.681. The molecule has 27 heavy (non-hydrogen) atoms. The van der Waals surface area contributed by atoms with E-state index in [4.69, 9.17) is 4.74 Å². The van der Waals surface area contributed by atoms with Crippen molar-refractivity contribution in [2.24, 2.45) is 0 Å². The Balaban J connectivity index is 1.84. The van der Waals surface area contributed by atoms with Gasteiger partial charge in [0.05, 0.1) is 12.5 Å². The van der Waals surface area contributed by atoms with E-state index in [-0.39, 0.29) is 18.2 Å². The highest BCUT2D eigenvalue weighted by molar-refractivity contribution is 6.01. The molecule has 0 aliphatic carbocycles. The van der Waals surface area contributed by atoms with Crippen LogP contribution in [0.15, 0.2) is 42.5 Å². The number of carbonyl (C=O) groups excluding carboxylic acids is 2. The molecule has 1 atom stereocenters. The van der Waals surface area contributed by atoms with Crippen molar-refractivity contribution in [3.8, 4) is 5.75 Å². The van der Waals surface area contributed by atoms with Crippen molar-refractivity contribution in [2.75, 3.05) is 18.5 Å². The number of benzene rings is 2. The predicted octanol–water partition coefficient (Wildman–Crippen LogP) is 3.70. The van der Waals surface area contributed by atoms with Gasteiger partial charge in [-0.25, -0.2) is 4.39 Å². The van der Waals surface area contributed by atoms with Gasteiger partial charge < -0.3 is 15.0 Å². The summed E-state index contributed by atoms with van der Waals surface area (Å²) in [5.74, 6) is -0.763. The van der Waals surface area contributed by atoms with Crippen LogP contribution in [0.5, 0.6) is 5.75 Å². The van der Waals surface area contributed by atoms with E-state index in [1.165, 1.54) is 18.2 Å². The molecule has 2 aromatic rings. The zero-order chi connectivity index (χ0) is 19.4. The van der Waals surface area contributed by atoms with Crippen LogP contribution in [0.2, 0.25) is 0 Å². The zero-order valence-corrected chi connectivity index (χ0v) is 15.5. The summed E-state index contributed by atoms with van der Waals surface area (Å²) in [6.07, 6.45) is 0.0186. The second-order valence-corrected chi connectivity index (χ2v) is 6.47. The fraction of sp³-hybridized carbons (Fsp3) is 0.333. The maximum absolute atomic E-state index is 13.7. The Morgan fingerprint density at radius 2 is 2.07 bits per heavy atom. The fourth-order valence-corrected chi connectivity index (χ4v) is 3.34. The number of rotatable bonds is 6. The molecular weight excluding hydrogens is 347 g/mol. The van der Waals surface area contributed by atoms with Crippen LogP contribution in [0.1, 0.15) is 37.3 Å². The smallest absolute Gasteiger partial charge is 0.231 e. The van der Waals surface area contributed by atoms with E-state index in [1.807, 2.05) is 38.1 Å². The van der Waals surface area contributed by atoms with Crippen LogP contribution in [0.25, 0.3) is 0 Å². The molecule has 1 heterocycles. The average molecular weight is 370 g/mol. The van der Waals surface area contributed by atoms with Crippen molar-refractivity contribution >= 4 is 17.5 Å². The lowest BCUT2D eigenvalue weighted by atomic mass is 9.89. The van der Waals surface area contributed by atoms with E-state index in [0.29, 0.717) is 30.9 Å². The predicted molar refractivity (Wildman–Crippen MR) is 101 cm³/mol. The lowest BCUT2D eigenvalue weighted by Gasteiger charge is -2.30. The Morgan fingerprint density at radius 3 is 2.81 bits per heavy atom. The van der Waals surface area contributed by atoms with E-state index >= 15 is 0 Å². The Bertz CT molecular complexity index is 853. The lowest BCUT2D eigenvalue weighted by Crippen LogP contribution is -2.38. The van der Waals surface area contributed by atoms with Crippen LogP contribution in [-0.2, 0) is 16.1 Å². The molecule has 0 aromatic heterocycles. The van der Waals surface area contributed by atoms with Crippen LogP contribution in [0.4, 0.5) is 10.1 Å². The third kappa shape index (κ3) is 4.27. The summed E-state index contributed by atoms with van der Waals surface area (Å²) in [6.45, 7) is 5.26. The monoisotopic (exact) mass is 370 g/mol. The molecular formula is C21H23FN2O3. The van der Waals surface area contributed by atoms with Gasteiger partial charge in [0.15, 0.2) is 0 Å². The number of nitrogens with zero attached hydrogens (tertiary/aromatic N) is 1. The first kappa shape index (κ1) is 18.9. The topological polar surface area (TPSA) is 58.6 Å². The Morgan fingerprint density at radius 1 is 1.26 bits per heavy atom. The number of likely N-dealkylation sites (N-methyl/N-ethyl adjacent to an activating group) is 1. The van der Waals surface area contributed by atoms with Crippen molar-refractivity contribution in [1.29, 1.82) is 0 Å². The van der Waals surface area contributed by atoms with E-state index in [1.54, 1.807) is 4.90 Å². The van der Waals surface area contributed by atoms with Crippen molar-refractivity contribution in [3.05, 3.63) is 59.4 Å². The molecule has 142 valence electrons. The number of halogens is 1. The summed E-state index contributed by atoms with van der Waals surface area (Å²) in [5, 5.41) is 2.71. The minimum Gasteiger partial charge on any atom is -0.494 e. The first-order valence-corrected chi connectivity index (χ1v) is 9.11. The third-order valence-electron chi connectivity index (χ3n) is 4.63. The van der Waals surface area contributed by atoms with Crippen LogP contribution in [-0.4, -0.2) is 29.9 Å². The van der Waals surface area contributed by atoms with Gasteiger partial charge in [0.1, 0.15) is 11.6 Å². The molecule has 1 N–H and O–H groups in total. The number of fused-ring (bicyclic) bond motifs is 1. The molecule has 0 saturated carbocycles. The lowest BCUT2D eigenvalue weighted by molar-refractivity contribution is -0.135. The van der Waals surface area contributed by atoms with Crippen LogP contribution >= 0.6 is 0 Å². The molecule has 3 rings (SSSR count). The van der Waals surface area contributed by atoms with E-state index < -0.39 is 11.7 Å². The molecule has 0 bridgehead atoms. The zero-order valence-electron chi connectivity index (χ0n) is 15.5. The van der Waals surface area contributed by atoms with Gasteiger partial charge in [0.25, 0.3) is 0 Å². The molecule has 6 heteroatoms. The normalized spacial score (nSPS) is 15.7. The van der Waals surface area contributed by atoms with Crippen molar-refractivity contribution in [2.45, 2.75) is 32.7 Å². The number of amides is 2. The number of nitrogens with one attached hydrogen (secondary N) is 1. The highest BCUT2D eigenvalue weighted by Crippen LogP contribution is 2.34. The van der Waals surface area contributed by atoms with Crippen LogP contribution in [0.3, 0.4) is 0 Å². The van der Waals surface area contributed by atoms with E-state index in [2.05, 4.69) is 5.32 Å². The van der Waals surface area contributed by atoms with Gasteiger partial charge in [0, 0.05) is 25.2 Å². The number of hydrogen-bond donors (Lipinski definition) is 1. The summed E-state index contributed by atoms with van der Waals surface area (Å²) < 4.78 is 19.2. The van der Waals surface area contributed by atoms with Gasteiger partial charge in [-0.1, -0.05) is 12.1 Å². The Kier molecular flexibility index (Phi) is 5.74. The average Bonchev–Trinajstić information content (AvgIpc) is 2.66. The summed E-state index contributed by atoms with van der Waals surface area (Å²) in [5.41, 5.74) is 1.97. The third-order valence-corrected chi connectivity index (χ3v) is 4.63. The Labute approximate surface area is 158 Å². The molecule has 0 radical (unpaired) electrons. The van der Waals surface area contributed by atoms with Crippen LogP contribution < -0.4 is 10.1 Å². The molecule has 1 aliphatic rings. The van der Waals surface area contributed by atoms with E-state index in [0.717, 1.165) is 11.3 Å². The second-order valence-electron chi connectivity index (χ2n) is 6.47. The summed E-state index contributed by atoms with van der Waals surface area (Å²) >= 11 is 0. The molecule has 2 amide bonds. The number of ether oxygens (including phenoxy) is 1. The second kappa shape index (κ2) is 8.20. The molecule has 0 fully saturated rings. The standard InChI is InChI=1S/C21H23FN2O3/c1-3-24(13-14-6-5-7-16(10-14)27-4-2)21(26)18-12-20(25)23-19-9-8-15(22)11-17(18)19/h5-11,18H,3-4,12-13H2,1-2H3,(H,23,25)/t18-/m0/s1. The first-order chi connectivity index (χ1) is 13.0. The van der Waals surface area contributed by atoms with Gasteiger partial charge in [-0.05, 0) is 55.3 Å². The van der Waals surface area contributed by atoms with E-state index in [9.17, 15) is 14.0 Å². The maximum Gasteiger partial charge on any atom is 0.231 e. The molecule has 5 nitrogen and oxygen atoms in total. The fourth-order valence-electron chi connectivity index (χ4n) is 3.34. The molecule has 1 aliphatic heterocycles. The van der Waals surface area contributed by atoms with Crippen LogP contribution in [0, 0.1) is 5.82 Å². The highest BCUT2D eigenvalue weighted by Gasteiger charge is 2.33. The highest BCUT2D eigenvalue weighted by atomic mass is 19.1. The SMILES string of the molecule is CCOc1cccc(CN(CC)C(=O)[C@H]2CC(=O)Nc3ccc(F)cc32)c1. The number of carbonyl (C=O) groups is 2. The summed E-state index contributed by atoms with van der Waals surface area (Å²) in [6, 6.07) is 11.7. The van der Waals surface area contributed by atoms with Gasteiger partial charge in [-0.3, -0.25) is 9.59 Å². The van der Waals surface area contributed by atoms with Crippen molar-refractivity contribution in [3.63, 3.8) is 0 Å². The van der Waals surface area contributed by atoms with Gasteiger partial charge >= 0.3 is 0 Å².